The molecule has 0 spiro atoms. The first-order chi connectivity index (χ1) is 9.56. The number of hydrogen-bond acceptors (Lipinski definition) is 5. The molecule has 1 fully saturated rings. The largest absolute Gasteiger partial charge is 0.296 e. The Balaban J connectivity index is 1.96. The van der Waals surface area contributed by atoms with Crippen LogP contribution < -0.4 is 0 Å². The van der Waals surface area contributed by atoms with Gasteiger partial charge in [0.15, 0.2) is 0 Å². The highest BCUT2D eigenvalue weighted by atomic mass is 15.3. The van der Waals surface area contributed by atoms with Gasteiger partial charge in [-0.15, -0.1) is 0 Å². The van der Waals surface area contributed by atoms with Gasteiger partial charge in [0.25, 0.3) is 0 Å². The van der Waals surface area contributed by atoms with E-state index in [-0.39, 0.29) is 0 Å². The predicted molar refractivity (Wildman–Crippen MR) is 75.5 cm³/mol. The number of nitrogens with zero attached hydrogens (tertiary/aromatic N) is 5. The van der Waals surface area contributed by atoms with Crippen LogP contribution in [0.4, 0.5) is 0 Å². The highest BCUT2D eigenvalue weighted by molar-refractivity contribution is 5.30. The van der Waals surface area contributed by atoms with E-state index in [1.165, 1.54) is 0 Å². The zero-order chi connectivity index (χ0) is 14.6. The highest BCUT2D eigenvalue weighted by Gasteiger charge is 2.29. The first-order valence-corrected chi connectivity index (χ1v) is 6.79. The van der Waals surface area contributed by atoms with Gasteiger partial charge in [-0.3, -0.25) is 9.80 Å². The maximum Gasteiger partial charge on any atom is 0.144 e. The van der Waals surface area contributed by atoms with Crippen molar-refractivity contribution in [3.8, 4) is 12.1 Å². The van der Waals surface area contributed by atoms with Gasteiger partial charge in [0.2, 0.25) is 0 Å². The van der Waals surface area contributed by atoms with Gasteiger partial charge in [-0.1, -0.05) is 6.07 Å². The summed E-state index contributed by atoms with van der Waals surface area (Å²) in [6.07, 6.45) is 1.65. The molecule has 104 valence electrons. The third-order valence-corrected chi connectivity index (χ3v) is 3.83. The van der Waals surface area contributed by atoms with Gasteiger partial charge in [0, 0.05) is 44.5 Å². The molecule has 1 aromatic rings. The first kappa shape index (κ1) is 14.5. The fourth-order valence-corrected chi connectivity index (χ4v) is 2.44. The van der Waals surface area contributed by atoms with Gasteiger partial charge >= 0.3 is 0 Å². The molecule has 0 radical (unpaired) electrons. The maximum atomic E-state index is 9.17. The monoisotopic (exact) mass is 269 g/mol. The Bertz CT molecular complexity index is 544. The van der Waals surface area contributed by atoms with Crippen LogP contribution >= 0.6 is 0 Å². The predicted octanol–water partition coefficient (Wildman–Crippen LogP) is 1.37. The average Bonchev–Trinajstić information content (AvgIpc) is 2.48. The fourth-order valence-electron chi connectivity index (χ4n) is 2.44. The van der Waals surface area contributed by atoms with Crippen molar-refractivity contribution in [2.75, 3.05) is 26.2 Å². The summed E-state index contributed by atoms with van der Waals surface area (Å²) in [5, 5.41) is 18.2. The van der Waals surface area contributed by atoms with E-state index in [1.54, 1.807) is 6.20 Å². The minimum Gasteiger partial charge on any atom is -0.296 e. The van der Waals surface area contributed by atoms with Gasteiger partial charge < -0.3 is 0 Å². The molecule has 0 N–H and O–H groups in total. The van der Waals surface area contributed by atoms with Crippen LogP contribution in [0, 0.1) is 22.7 Å². The molecule has 0 atom stereocenters. The quantitative estimate of drug-likeness (QED) is 0.829. The van der Waals surface area contributed by atoms with Crippen LogP contribution in [0.3, 0.4) is 0 Å². The van der Waals surface area contributed by atoms with E-state index >= 15 is 0 Å². The molecule has 1 aromatic heterocycles. The number of aromatic nitrogens is 1. The Labute approximate surface area is 120 Å². The van der Waals surface area contributed by atoms with Crippen molar-refractivity contribution in [3.63, 3.8) is 0 Å². The molecule has 0 unspecified atom stereocenters. The molecule has 5 nitrogen and oxygen atoms in total. The summed E-state index contributed by atoms with van der Waals surface area (Å²) >= 11 is 0. The molecule has 0 aromatic carbocycles. The summed E-state index contributed by atoms with van der Waals surface area (Å²) in [6, 6.07) is 8.31. The summed E-state index contributed by atoms with van der Waals surface area (Å²) in [4.78, 5) is 8.60. The van der Waals surface area contributed by atoms with E-state index in [9.17, 15) is 0 Å². The van der Waals surface area contributed by atoms with E-state index in [0.717, 1.165) is 38.3 Å². The van der Waals surface area contributed by atoms with E-state index in [4.69, 9.17) is 10.5 Å². The second-order valence-corrected chi connectivity index (χ2v) is 5.56. The Kier molecular flexibility index (Phi) is 4.34. The Morgan fingerprint density at radius 3 is 2.55 bits per heavy atom. The molecular weight excluding hydrogens is 250 g/mol. The van der Waals surface area contributed by atoms with Crippen molar-refractivity contribution >= 4 is 0 Å². The number of rotatable bonds is 3. The van der Waals surface area contributed by atoms with Crippen LogP contribution in [-0.4, -0.2) is 46.5 Å². The van der Waals surface area contributed by atoms with Gasteiger partial charge in [-0.2, -0.15) is 10.5 Å². The minimum atomic E-state index is -0.405. The molecule has 0 aliphatic carbocycles. The van der Waals surface area contributed by atoms with Crippen molar-refractivity contribution in [1.82, 2.24) is 14.8 Å². The van der Waals surface area contributed by atoms with Gasteiger partial charge in [-0.05, 0) is 19.9 Å². The molecule has 0 amide bonds. The van der Waals surface area contributed by atoms with Crippen molar-refractivity contribution in [2.45, 2.75) is 25.9 Å². The van der Waals surface area contributed by atoms with Crippen molar-refractivity contribution in [1.29, 1.82) is 10.5 Å². The third kappa shape index (κ3) is 3.14. The van der Waals surface area contributed by atoms with Crippen LogP contribution in [0.25, 0.3) is 0 Å². The molecule has 1 saturated heterocycles. The topological polar surface area (TPSA) is 67.0 Å². The second-order valence-electron chi connectivity index (χ2n) is 5.56. The zero-order valence-electron chi connectivity index (χ0n) is 12.0. The summed E-state index contributed by atoms with van der Waals surface area (Å²) in [5.41, 5.74) is 1.08. The van der Waals surface area contributed by atoms with Crippen molar-refractivity contribution in [3.05, 3.63) is 29.6 Å². The molecule has 0 bridgehead atoms. The Morgan fingerprint density at radius 2 is 1.95 bits per heavy atom. The standard InChI is InChI=1S/C15H19N5/c1-15(2,12-17)20-8-6-19(7-9-20)11-13-4-3-5-18-14(13)10-16/h3-5H,6-9,11H2,1-2H3. The van der Waals surface area contributed by atoms with Crippen molar-refractivity contribution in [2.24, 2.45) is 0 Å². The zero-order valence-corrected chi connectivity index (χ0v) is 12.0. The summed E-state index contributed by atoms with van der Waals surface area (Å²) in [5.74, 6) is 0. The number of nitriles is 2. The molecule has 1 aliphatic rings. The van der Waals surface area contributed by atoms with E-state index in [1.807, 2.05) is 26.0 Å². The first-order valence-electron chi connectivity index (χ1n) is 6.79. The SMILES string of the molecule is CC(C)(C#N)N1CCN(Cc2cccnc2C#N)CC1. The lowest BCUT2D eigenvalue weighted by Crippen LogP contribution is -2.53. The number of hydrogen-bond donors (Lipinski definition) is 0. The molecule has 2 heterocycles. The lowest BCUT2D eigenvalue weighted by Gasteiger charge is -2.40. The Hall–Kier alpha value is -1.95. The Morgan fingerprint density at radius 1 is 1.25 bits per heavy atom. The van der Waals surface area contributed by atoms with Crippen LogP contribution in [0.1, 0.15) is 25.1 Å². The van der Waals surface area contributed by atoms with Crippen LogP contribution in [0.5, 0.6) is 0 Å². The highest BCUT2D eigenvalue weighted by Crippen LogP contribution is 2.17. The minimum absolute atomic E-state index is 0.405. The number of piperazine rings is 1. The van der Waals surface area contributed by atoms with Gasteiger partial charge in [-0.25, -0.2) is 4.98 Å². The summed E-state index contributed by atoms with van der Waals surface area (Å²) < 4.78 is 0. The molecule has 0 saturated carbocycles. The van der Waals surface area contributed by atoms with Crippen LogP contribution in [-0.2, 0) is 6.54 Å². The maximum absolute atomic E-state index is 9.17. The lowest BCUT2D eigenvalue weighted by atomic mass is 10.0. The fraction of sp³-hybridized carbons (Fsp3) is 0.533. The molecule has 1 aliphatic heterocycles. The van der Waals surface area contributed by atoms with Crippen molar-refractivity contribution < 1.29 is 0 Å². The average molecular weight is 269 g/mol. The summed E-state index contributed by atoms with van der Waals surface area (Å²) in [6.45, 7) is 8.23. The number of pyridine rings is 1. The normalized spacial score (nSPS) is 17.4. The van der Waals surface area contributed by atoms with E-state index in [0.29, 0.717) is 5.69 Å². The van der Waals surface area contributed by atoms with E-state index in [2.05, 4.69) is 26.9 Å². The summed E-state index contributed by atoms with van der Waals surface area (Å²) in [7, 11) is 0. The molecular formula is C15H19N5. The third-order valence-electron chi connectivity index (χ3n) is 3.83. The van der Waals surface area contributed by atoms with E-state index < -0.39 is 5.54 Å². The van der Waals surface area contributed by atoms with Crippen LogP contribution in [0.15, 0.2) is 18.3 Å². The van der Waals surface area contributed by atoms with Gasteiger partial charge in [0.05, 0.1) is 6.07 Å². The van der Waals surface area contributed by atoms with Gasteiger partial charge in [0.1, 0.15) is 17.3 Å². The molecule has 2 rings (SSSR count). The smallest absolute Gasteiger partial charge is 0.144 e. The molecule has 20 heavy (non-hydrogen) atoms. The molecule has 5 heteroatoms. The van der Waals surface area contributed by atoms with Crippen LogP contribution in [0.2, 0.25) is 0 Å². The lowest BCUT2D eigenvalue weighted by molar-refractivity contribution is 0.0763. The second kappa shape index (κ2) is 6.00.